The summed E-state index contributed by atoms with van der Waals surface area (Å²) in [5.41, 5.74) is -0.902. The molecule has 0 saturated carbocycles. The largest absolute Gasteiger partial charge is 0.433 e. The second-order valence-electron chi connectivity index (χ2n) is 5.40. The molecule has 1 atom stereocenters. The van der Waals surface area contributed by atoms with Crippen LogP contribution in [-0.2, 0) is 11.0 Å². The van der Waals surface area contributed by atoms with Crippen molar-refractivity contribution in [2.75, 3.05) is 32.1 Å². The summed E-state index contributed by atoms with van der Waals surface area (Å²) in [4.78, 5) is 19.0. The van der Waals surface area contributed by atoms with E-state index in [4.69, 9.17) is 0 Å². The van der Waals surface area contributed by atoms with Gasteiger partial charge in [0.15, 0.2) is 0 Å². The minimum atomic E-state index is -4.45. The topological polar surface area (TPSA) is 36.4 Å². The number of carbonyl (C=O) groups excluding carboxylic acids is 1. The molecule has 7 heteroatoms. The van der Waals surface area contributed by atoms with Gasteiger partial charge in [-0.2, -0.15) is 13.2 Å². The Morgan fingerprint density at radius 3 is 2.71 bits per heavy atom. The minimum absolute atomic E-state index is 0.00618. The first-order chi connectivity index (χ1) is 9.79. The second-order valence-corrected chi connectivity index (χ2v) is 5.40. The van der Waals surface area contributed by atoms with E-state index in [1.807, 2.05) is 0 Å². The van der Waals surface area contributed by atoms with Gasteiger partial charge >= 0.3 is 6.18 Å². The number of rotatable bonds is 2. The van der Waals surface area contributed by atoms with Crippen LogP contribution in [0.2, 0.25) is 0 Å². The first-order valence-electron chi connectivity index (χ1n) is 6.79. The maximum atomic E-state index is 12.7. The van der Waals surface area contributed by atoms with E-state index in [-0.39, 0.29) is 17.6 Å². The number of amides is 1. The number of carbonyl (C=O) groups is 1. The Labute approximate surface area is 121 Å². The lowest BCUT2D eigenvalue weighted by molar-refractivity contribution is -0.141. The Bertz CT molecular complexity index is 516. The molecule has 1 unspecified atom stereocenters. The van der Waals surface area contributed by atoms with E-state index in [2.05, 4.69) is 4.98 Å². The highest BCUT2D eigenvalue weighted by atomic mass is 19.4. The Morgan fingerprint density at radius 1 is 1.38 bits per heavy atom. The van der Waals surface area contributed by atoms with Gasteiger partial charge in [0.25, 0.3) is 0 Å². The predicted octanol–water partition coefficient (Wildman–Crippen LogP) is 2.41. The van der Waals surface area contributed by atoms with Crippen LogP contribution in [0.3, 0.4) is 0 Å². The molecule has 0 N–H and O–H groups in total. The van der Waals surface area contributed by atoms with E-state index >= 15 is 0 Å². The normalized spacial score (nSPS) is 19.5. The number of halogens is 3. The van der Waals surface area contributed by atoms with E-state index in [1.54, 1.807) is 25.1 Å². The number of aromatic nitrogens is 1. The van der Waals surface area contributed by atoms with Crippen LogP contribution in [0.4, 0.5) is 19.0 Å². The standard InChI is InChI=1S/C14H18F3N3O/c1-19(2)13(21)10-5-4-8-20(9-10)12-7-3-6-11(18-12)14(15,16)17/h3,6-7,10H,4-5,8-9H2,1-2H3. The van der Waals surface area contributed by atoms with Gasteiger partial charge in [0.1, 0.15) is 11.5 Å². The fraction of sp³-hybridized carbons (Fsp3) is 0.571. The Balaban J connectivity index is 2.16. The van der Waals surface area contributed by atoms with Gasteiger partial charge in [-0.25, -0.2) is 4.98 Å². The third-order valence-electron chi connectivity index (χ3n) is 3.56. The van der Waals surface area contributed by atoms with Crippen molar-refractivity contribution in [1.82, 2.24) is 9.88 Å². The van der Waals surface area contributed by atoms with Crippen molar-refractivity contribution in [3.63, 3.8) is 0 Å². The third kappa shape index (κ3) is 3.65. The highest BCUT2D eigenvalue weighted by Crippen LogP contribution is 2.30. The van der Waals surface area contributed by atoms with Gasteiger partial charge < -0.3 is 9.80 Å². The van der Waals surface area contributed by atoms with Crippen molar-refractivity contribution in [3.05, 3.63) is 23.9 Å². The molecule has 1 saturated heterocycles. The van der Waals surface area contributed by atoms with E-state index in [9.17, 15) is 18.0 Å². The SMILES string of the molecule is CN(C)C(=O)C1CCCN(c2cccc(C(F)(F)F)n2)C1. The molecule has 4 nitrogen and oxygen atoms in total. The number of hydrogen-bond acceptors (Lipinski definition) is 3. The first-order valence-corrected chi connectivity index (χ1v) is 6.79. The van der Waals surface area contributed by atoms with Crippen LogP contribution in [0, 0.1) is 5.92 Å². The Hall–Kier alpha value is -1.79. The minimum Gasteiger partial charge on any atom is -0.356 e. The zero-order valence-electron chi connectivity index (χ0n) is 12.0. The summed E-state index contributed by atoms with van der Waals surface area (Å²) in [6.07, 6.45) is -2.93. The number of piperidine rings is 1. The molecular formula is C14H18F3N3O. The summed E-state index contributed by atoms with van der Waals surface area (Å²) in [5, 5.41) is 0. The molecule has 0 aromatic carbocycles. The molecule has 1 amide bonds. The quantitative estimate of drug-likeness (QED) is 0.841. The van der Waals surface area contributed by atoms with E-state index in [0.29, 0.717) is 13.1 Å². The Kier molecular flexibility index (Phi) is 4.39. The van der Waals surface area contributed by atoms with Gasteiger partial charge in [-0.1, -0.05) is 6.07 Å². The fourth-order valence-electron chi connectivity index (χ4n) is 2.51. The van der Waals surface area contributed by atoms with E-state index < -0.39 is 11.9 Å². The number of pyridine rings is 1. The van der Waals surface area contributed by atoms with Gasteiger partial charge in [-0.05, 0) is 25.0 Å². The summed E-state index contributed by atoms with van der Waals surface area (Å²) in [6, 6.07) is 3.86. The van der Waals surface area contributed by atoms with Gasteiger partial charge in [0.05, 0.1) is 5.92 Å². The van der Waals surface area contributed by atoms with Crippen LogP contribution < -0.4 is 4.90 Å². The molecule has 1 aliphatic rings. The molecule has 0 radical (unpaired) electrons. The number of nitrogens with zero attached hydrogens (tertiary/aromatic N) is 3. The molecule has 2 heterocycles. The average molecular weight is 301 g/mol. The van der Waals surface area contributed by atoms with E-state index in [1.165, 1.54) is 11.0 Å². The molecule has 0 bridgehead atoms. The van der Waals surface area contributed by atoms with Crippen molar-refractivity contribution in [2.45, 2.75) is 19.0 Å². The van der Waals surface area contributed by atoms with Crippen LogP contribution >= 0.6 is 0 Å². The van der Waals surface area contributed by atoms with Crippen molar-refractivity contribution in [1.29, 1.82) is 0 Å². The smallest absolute Gasteiger partial charge is 0.356 e. The van der Waals surface area contributed by atoms with Gasteiger partial charge in [-0.15, -0.1) is 0 Å². The lowest BCUT2D eigenvalue weighted by Gasteiger charge is -2.34. The van der Waals surface area contributed by atoms with E-state index in [0.717, 1.165) is 18.9 Å². The summed E-state index contributed by atoms with van der Waals surface area (Å²) >= 11 is 0. The molecule has 2 rings (SSSR count). The van der Waals surface area contributed by atoms with Crippen molar-refractivity contribution < 1.29 is 18.0 Å². The molecule has 0 spiro atoms. The number of anilines is 1. The molecule has 21 heavy (non-hydrogen) atoms. The molecule has 116 valence electrons. The summed E-state index contributed by atoms with van der Waals surface area (Å²) in [6.45, 7) is 1.02. The molecule has 0 aliphatic carbocycles. The molecule has 1 fully saturated rings. The first kappa shape index (κ1) is 15.6. The monoisotopic (exact) mass is 301 g/mol. The summed E-state index contributed by atoms with van der Waals surface area (Å²) in [7, 11) is 3.37. The van der Waals surface area contributed by atoms with Crippen LogP contribution in [0.1, 0.15) is 18.5 Å². The summed E-state index contributed by atoms with van der Waals surface area (Å²) < 4.78 is 38.1. The molecule has 1 aliphatic heterocycles. The maximum absolute atomic E-state index is 12.7. The fourth-order valence-corrected chi connectivity index (χ4v) is 2.51. The van der Waals surface area contributed by atoms with Crippen molar-refractivity contribution in [2.24, 2.45) is 5.92 Å². The lowest BCUT2D eigenvalue weighted by Crippen LogP contribution is -2.43. The predicted molar refractivity (Wildman–Crippen MR) is 72.9 cm³/mol. The van der Waals surface area contributed by atoms with Crippen LogP contribution in [0.25, 0.3) is 0 Å². The van der Waals surface area contributed by atoms with Gasteiger partial charge in [0, 0.05) is 27.2 Å². The second kappa shape index (κ2) is 5.91. The average Bonchev–Trinajstić information content (AvgIpc) is 2.46. The molecule has 1 aromatic heterocycles. The van der Waals surface area contributed by atoms with Gasteiger partial charge in [-0.3, -0.25) is 4.79 Å². The maximum Gasteiger partial charge on any atom is 0.433 e. The summed E-state index contributed by atoms with van der Waals surface area (Å²) in [5.74, 6) is 0.0952. The van der Waals surface area contributed by atoms with Crippen LogP contribution in [-0.4, -0.2) is 43.0 Å². The number of hydrogen-bond donors (Lipinski definition) is 0. The van der Waals surface area contributed by atoms with Gasteiger partial charge in [0.2, 0.25) is 5.91 Å². The zero-order chi connectivity index (χ0) is 15.6. The highest BCUT2D eigenvalue weighted by molar-refractivity contribution is 5.79. The molecular weight excluding hydrogens is 283 g/mol. The lowest BCUT2D eigenvalue weighted by atomic mass is 9.97. The van der Waals surface area contributed by atoms with Crippen molar-refractivity contribution >= 4 is 11.7 Å². The van der Waals surface area contributed by atoms with Crippen LogP contribution in [0.5, 0.6) is 0 Å². The third-order valence-corrected chi connectivity index (χ3v) is 3.56. The van der Waals surface area contributed by atoms with Crippen LogP contribution in [0.15, 0.2) is 18.2 Å². The zero-order valence-corrected chi connectivity index (χ0v) is 12.0. The highest BCUT2D eigenvalue weighted by Gasteiger charge is 2.33. The Morgan fingerprint density at radius 2 is 2.10 bits per heavy atom. The molecule has 1 aromatic rings. The number of alkyl halides is 3. The van der Waals surface area contributed by atoms with Crippen molar-refractivity contribution in [3.8, 4) is 0 Å².